The average Bonchev–Trinajstić information content (AvgIpc) is 2.78. The number of pyridine rings is 1. The fourth-order valence-electron chi connectivity index (χ4n) is 3.69. The zero-order valence-corrected chi connectivity index (χ0v) is 17.9. The lowest BCUT2D eigenvalue weighted by Gasteiger charge is -2.25. The topological polar surface area (TPSA) is 96.9 Å². The van der Waals surface area contributed by atoms with E-state index in [1.807, 2.05) is 0 Å². The van der Waals surface area contributed by atoms with Crippen molar-refractivity contribution in [3.05, 3.63) is 82.2 Å². The van der Waals surface area contributed by atoms with Gasteiger partial charge in [-0.1, -0.05) is 0 Å². The minimum absolute atomic E-state index is 0.00611. The third-order valence-electron chi connectivity index (χ3n) is 5.44. The molecule has 11 heteroatoms. The number of amides is 2. The van der Waals surface area contributed by atoms with Gasteiger partial charge in [0.25, 0.3) is 11.8 Å². The van der Waals surface area contributed by atoms with Crippen LogP contribution in [0.3, 0.4) is 0 Å². The Balaban J connectivity index is 1.40. The van der Waals surface area contributed by atoms with Gasteiger partial charge in [0.2, 0.25) is 5.95 Å². The predicted molar refractivity (Wildman–Crippen MR) is 114 cm³/mol. The second kappa shape index (κ2) is 9.16. The highest BCUT2D eigenvalue weighted by atomic mass is 19.4. The van der Waals surface area contributed by atoms with E-state index in [1.54, 1.807) is 6.20 Å². The highest BCUT2D eigenvalue weighted by molar-refractivity contribution is 6.03. The summed E-state index contributed by atoms with van der Waals surface area (Å²) >= 11 is 0. The molecule has 7 nitrogen and oxygen atoms in total. The van der Waals surface area contributed by atoms with E-state index in [0.717, 1.165) is 23.4 Å². The number of hydrogen-bond donors (Lipinski definition) is 2. The zero-order valence-electron chi connectivity index (χ0n) is 17.9. The SMILES string of the molecule is Cc1nc(C(F)(F)F)ccc1C(=O)NC1CCc2nc(NC(=O)c3ccc(F)cc3)ncc2C1. The van der Waals surface area contributed by atoms with Crippen LogP contribution in [0.5, 0.6) is 0 Å². The number of carbonyl (C=O) groups excluding carboxylic acids is 2. The molecule has 2 N–H and O–H groups in total. The maximum atomic E-state index is 13.0. The molecule has 0 radical (unpaired) electrons. The van der Waals surface area contributed by atoms with Crippen molar-refractivity contribution in [1.29, 1.82) is 0 Å². The normalized spacial score (nSPS) is 15.4. The molecule has 0 spiro atoms. The predicted octanol–water partition coefficient (Wildman–Crippen LogP) is 3.88. The van der Waals surface area contributed by atoms with E-state index in [-0.39, 0.29) is 28.8 Å². The van der Waals surface area contributed by atoms with Crippen molar-refractivity contribution < 1.29 is 27.2 Å². The molecule has 1 aliphatic rings. The van der Waals surface area contributed by atoms with Crippen molar-refractivity contribution >= 4 is 17.8 Å². The Bertz CT molecular complexity index is 1250. The molecule has 34 heavy (non-hydrogen) atoms. The van der Waals surface area contributed by atoms with E-state index < -0.39 is 29.5 Å². The molecule has 1 unspecified atom stereocenters. The van der Waals surface area contributed by atoms with Gasteiger partial charge in [-0.15, -0.1) is 0 Å². The second-order valence-electron chi connectivity index (χ2n) is 7.87. The van der Waals surface area contributed by atoms with E-state index in [1.165, 1.54) is 31.2 Å². The Morgan fingerprint density at radius 2 is 1.76 bits per heavy atom. The molecule has 0 bridgehead atoms. The molecular formula is C23H19F4N5O2. The van der Waals surface area contributed by atoms with Gasteiger partial charge < -0.3 is 5.32 Å². The molecular weight excluding hydrogens is 454 g/mol. The van der Waals surface area contributed by atoms with Crippen LogP contribution >= 0.6 is 0 Å². The van der Waals surface area contributed by atoms with Crippen LogP contribution in [-0.2, 0) is 19.0 Å². The first-order valence-electron chi connectivity index (χ1n) is 10.4. The summed E-state index contributed by atoms with van der Waals surface area (Å²) in [6.45, 7) is 1.36. The van der Waals surface area contributed by atoms with Gasteiger partial charge in [0.05, 0.1) is 11.3 Å². The van der Waals surface area contributed by atoms with Crippen LogP contribution in [0.15, 0.2) is 42.6 Å². The summed E-state index contributed by atoms with van der Waals surface area (Å²) in [4.78, 5) is 36.9. The molecule has 2 heterocycles. The first kappa shape index (κ1) is 23.3. The lowest BCUT2D eigenvalue weighted by atomic mass is 9.92. The van der Waals surface area contributed by atoms with Crippen molar-refractivity contribution in [3.63, 3.8) is 0 Å². The number of alkyl halides is 3. The van der Waals surface area contributed by atoms with Gasteiger partial charge in [-0.05, 0) is 68.1 Å². The Morgan fingerprint density at radius 3 is 2.44 bits per heavy atom. The fraction of sp³-hybridized carbons (Fsp3) is 0.261. The summed E-state index contributed by atoms with van der Waals surface area (Å²) in [5.74, 6) is -1.31. The summed E-state index contributed by atoms with van der Waals surface area (Å²) in [5, 5.41) is 5.41. The van der Waals surface area contributed by atoms with Crippen molar-refractivity contribution in [3.8, 4) is 0 Å². The Labute approximate surface area is 191 Å². The number of fused-ring (bicyclic) bond motifs is 1. The van der Waals surface area contributed by atoms with Gasteiger partial charge in [0.1, 0.15) is 11.5 Å². The Kier molecular flexibility index (Phi) is 6.27. The van der Waals surface area contributed by atoms with Gasteiger partial charge in [-0.3, -0.25) is 14.9 Å². The van der Waals surface area contributed by atoms with Crippen LogP contribution in [-0.4, -0.2) is 32.8 Å². The lowest BCUT2D eigenvalue weighted by Crippen LogP contribution is -2.39. The van der Waals surface area contributed by atoms with Gasteiger partial charge >= 0.3 is 6.18 Å². The molecule has 2 aromatic heterocycles. The summed E-state index contributed by atoms with van der Waals surface area (Å²) in [7, 11) is 0. The third-order valence-corrected chi connectivity index (χ3v) is 5.44. The van der Waals surface area contributed by atoms with Crippen molar-refractivity contribution in [2.45, 2.75) is 38.4 Å². The first-order chi connectivity index (χ1) is 16.1. The highest BCUT2D eigenvalue weighted by Gasteiger charge is 2.33. The first-order valence-corrected chi connectivity index (χ1v) is 10.4. The van der Waals surface area contributed by atoms with Crippen LogP contribution in [0.2, 0.25) is 0 Å². The molecule has 0 saturated carbocycles. The van der Waals surface area contributed by atoms with Crippen molar-refractivity contribution in [1.82, 2.24) is 20.3 Å². The molecule has 0 aliphatic heterocycles. The number of halogens is 4. The van der Waals surface area contributed by atoms with Crippen molar-refractivity contribution in [2.24, 2.45) is 0 Å². The Morgan fingerprint density at radius 1 is 1.03 bits per heavy atom. The van der Waals surface area contributed by atoms with Crippen molar-refractivity contribution in [2.75, 3.05) is 5.32 Å². The summed E-state index contributed by atoms with van der Waals surface area (Å²) in [6.07, 6.45) is -1.53. The van der Waals surface area contributed by atoms with E-state index in [2.05, 4.69) is 25.6 Å². The van der Waals surface area contributed by atoms with Crippen LogP contribution in [0.1, 0.15) is 49.8 Å². The number of aromatic nitrogens is 3. The second-order valence-corrected chi connectivity index (χ2v) is 7.87. The number of anilines is 1. The van der Waals surface area contributed by atoms with Gasteiger partial charge in [0, 0.05) is 23.5 Å². The highest BCUT2D eigenvalue weighted by Crippen LogP contribution is 2.28. The number of nitrogens with zero attached hydrogens (tertiary/aromatic N) is 3. The smallest absolute Gasteiger partial charge is 0.349 e. The number of aryl methyl sites for hydroxylation is 2. The van der Waals surface area contributed by atoms with Crippen LogP contribution in [0.4, 0.5) is 23.5 Å². The maximum Gasteiger partial charge on any atom is 0.433 e. The molecule has 3 aromatic rings. The summed E-state index contributed by atoms with van der Waals surface area (Å²) in [6, 6.07) is 6.71. The molecule has 0 saturated heterocycles. The van der Waals surface area contributed by atoms with E-state index in [0.29, 0.717) is 19.3 Å². The monoisotopic (exact) mass is 473 g/mol. The van der Waals surface area contributed by atoms with Gasteiger partial charge in [-0.2, -0.15) is 13.2 Å². The van der Waals surface area contributed by atoms with E-state index in [4.69, 9.17) is 0 Å². The third kappa shape index (κ3) is 5.19. The van der Waals surface area contributed by atoms with Crippen LogP contribution in [0.25, 0.3) is 0 Å². The maximum absolute atomic E-state index is 13.0. The standard InChI is InChI=1S/C23H19F4N5O2/c1-12-17(7-9-19(29-12)23(25,26)27)21(34)30-16-6-8-18-14(10-16)11-28-22(31-18)32-20(33)13-2-4-15(24)5-3-13/h2-5,7,9,11,16H,6,8,10H2,1H3,(H,30,34)(H,28,31,32,33). The van der Waals surface area contributed by atoms with Gasteiger partial charge in [-0.25, -0.2) is 19.3 Å². The van der Waals surface area contributed by atoms with E-state index in [9.17, 15) is 27.2 Å². The average molecular weight is 473 g/mol. The van der Waals surface area contributed by atoms with E-state index >= 15 is 0 Å². The number of nitrogens with one attached hydrogen (secondary N) is 2. The zero-order chi connectivity index (χ0) is 24.5. The number of rotatable bonds is 4. The number of benzene rings is 1. The minimum Gasteiger partial charge on any atom is -0.349 e. The Hall–Kier alpha value is -3.89. The fourth-order valence-corrected chi connectivity index (χ4v) is 3.69. The number of hydrogen-bond acceptors (Lipinski definition) is 5. The van der Waals surface area contributed by atoms with Crippen LogP contribution in [0, 0.1) is 12.7 Å². The quantitative estimate of drug-likeness (QED) is 0.561. The molecule has 1 aromatic carbocycles. The molecule has 1 atom stereocenters. The molecule has 1 aliphatic carbocycles. The molecule has 2 amide bonds. The largest absolute Gasteiger partial charge is 0.433 e. The van der Waals surface area contributed by atoms with Gasteiger partial charge in [0.15, 0.2) is 0 Å². The molecule has 176 valence electrons. The van der Waals surface area contributed by atoms with Crippen LogP contribution < -0.4 is 10.6 Å². The molecule has 4 rings (SSSR count). The number of carbonyl (C=O) groups is 2. The molecule has 0 fully saturated rings. The lowest BCUT2D eigenvalue weighted by molar-refractivity contribution is -0.141. The summed E-state index contributed by atoms with van der Waals surface area (Å²) < 4.78 is 51.4. The summed E-state index contributed by atoms with van der Waals surface area (Å²) in [5.41, 5.74) is 0.800. The minimum atomic E-state index is -4.58.